The Morgan fingerprint density at radius 3 is 2.62 bits per heavy atom. The van der Waals surface area contributed by atoms with Crippen LogP contribution < -0.4 is 15.0 Å². The molecule has 0 radical (unpaired) electrons. The summed E-state index contributed by atoms with van der Waals surface area (Å²) in [7, 11) is 0. The maximum Gasteiger partial charge on any atom is 0.335 e. The average molecular weight is 416 g/mol. The minimum atomic E-state index is -0.998. The van der Waals surface area contributed by atoms with Crippen LogP contribution in [0.5, 0.6) is 5.75 Å². The van der Waals surface area contributed by atoms with Crippen molar-refractivity contribution in [2.75, 3.05) is 11.5 Å². The number of carbonyl (C=O) groups excluding carboxylic acids is 3. The van der Waals surface area contributed by atoms with E-state index in [0.29, 0.717) is 22.8 Å². The number of ether oxygens (including phenoxy) is 1. The summed E-state index contributed by atoms with van der Waals surface area (Å²) in [5.74, 6) is -1.35. The summed E-state index contributed by atoms with van der Waals surface area (Å²) in [5.41, 5.74) is -0.227. The van der Waals surface area contributed by atoms with E-state index in [1.807, 2.05) is 0 Å². The average Bonchev–Trinajstić information content (AvgIpc) is 2.67. The van der Waals surface area contributed by atoms with Gasteiger partial charge in [0, 0.05) is 12.1 Å². The molecule has 0 aromatic heterocycles. The molecule has 0 saturated carbocycles. The molecule has 1 N–H and O–H groups in total. The monoisotopic (exact) mass is 415 g/mol. The molecule has 0 aliphatic carbocycles. The summed E-state index contributed by atoms with van der Waals surface area (Å²) in [5, 5.41) is 13.3. The number of nitrogens with zero attached hydrogens (tertiary/aromatic N) is 2. The lowest BCUT2D eigenvalue weighted by Gasteiger charge is -2.26. The van der Waals surface area contributed by atoms with E-state index in [1.165, 1.54) is 30.3 Å². The first-order chi connectivity index (χ1) is 13.8. The molecule has 10 heteroatoms. The van der Waals surface area contributed by atoms with E-state index < -0.39 is 22.8 Å². The number of rotatable bonds is 5. The van der Waals surface area contributed by atoms with E-state index in [0.717, 1.165) is 6.07 Å². The number of nitrogens with one attached hydrogen (secondary N) is 1. The molecule has 0 spiro atoms. The number of barbiturate groups is 1. The van der Waals surface area contributed by atoms with Crippen molar-refractivity contribution >= 4 is 46.9 Å². The summed E-state index contributed by atoms with van der Waals surface area (Å²) in [6.45, 7) is 2.22. The number of non-ortho nitro benzene ring substituents is 1. The Morgan fingerprint density at radius 1 is 1.21 bits per heavy atom. The number of halogens is 1. The van der Waals surface area contributed by atoms with Gasteiger partial charge in [0.1, 0.15) is 11.3 Å². The molecule has 3 rings (SSSR count). The number of urea groups is 1. The number of anilines is 1. The summed E-state index contributed by atoms with van der Waals surface area (Å²) >= 11 is 6.13. The van der Waals surface area contributed by atoms with Crippen LogP contribution in [0.3, 0.4) is 0 Å². The van der Waals surface area contributed by atoms with Crippen LogP contribution in [0.25, 0.3) is 6.08 Å². The molecule has 0 bridgehead atoms. The molecule has 4 amide bonds. The number of amides is 4. The number of imide groups is 2. The second-order valence-electron chi connectivity index (χ2n) is 5.86. The highest BCUT2D eigenvalue weighted by atomic mass is 35.5. The van der Waals surface area contributed by atoms with Gasteiger partial charge in [-0.2, -0.15) is 0 Å². The minimum absolute atomic E-state index is 0.0372. The molecule has 1 aliphatic heterocycles. The van der Waals surface area contributed by atoms with E-state index in [4.69, 9.17) is 16.3 Å². The van der Waals surface area contributed by atoms with Gasteiger partial charge in [0.15, 0.2) is 0 Å². The van der Waals surface area contributed by atoms with Crippen LogP contribution in [0.15, 0.2) is 48.0 Å². The molecule has 2 aromatic rings. The zero-order valence-electron chi connectivity index (χ0n) is 15.0. The largest absolute Gasteiger partial charge is 0.492 e. The first kappa shape index (κ1) is 20.0. The summed E-state index contributed by atoms with van der Waals surface area (Å²) in [4.78, 5) is 48.2. The van der Waals surface area contributed by atoms with Crippen LogP contribution in [0.4, 0.5) is 16.2 Å². The molecular formula is C19H14ClN3O6. The maximum absolute atomic E-state index is 12.8. The Balaban J connectivity index is 1.99. The van der Waals surface area contributed by atoms with E-state index in [2.05, 4.69) is 5.32 Å². The summed E-state index contributed by atoms with van der Waals surface area (Å²) in [6.07, 6.45) is 1.27. The molecule has 1 heterocycles. The summed E-state index contributed by atoms with van der Waals surface area (Å²) < 4.78 is 5.34. The molecule has 29 heavy (non-hydrogen) atoms. The Morgan fingerprint density at radius 2 is 1.97 bits per heavy atom. The Kier molecular flexibility index (Phi) is 5.60. The SMILES string of the molecule is CCOc1ccc(/C=C2\C(=O)NC(=O)N(c3cccc([N+](=O)[O-])c3)C2=O)cc1Cl. The molecule has 1 saturated heterocycles. The maximum atomic E-state index is 12.8. The third-order valence-corrected chi connectivity index (χ3v) is 4.26. The third-order valence-electron chi connectivity index (χ3n) is 3.97. The van der Waals surface area contributed by atoms with Gasteiger partial charge in [-0.1, -0.05) is 23.7 Å². The molecule has 0 atom stereocenters. The van der Waals surface area contributed by atoms with Crippen LogP contribution >= 0.6 is 11.6 Å². The Labute approximate surface area is 169 Å². The van der Waals surface area contributed by atoms with E-state index >= 15 is 0 Å². The molecule has 9 nitrogen and oxygen atoms in total. The number of hydrogen-bond acceptors (Lipinski definition) is 6. The highest BCUT2D eigenvalue weighted by Crippen LogP contribution is 2.28. The van der Waals surface area contributed by atoms with Crippen molar-refractivity contribution in [3.63, 3.8) is 0 Å². The summed E-state index contributed by atoms with van der Waals surface area (Å²) in [6, 6.07) is 8.67. The van der Waals surface area contributed by atoms with Crippen LogP contribution in [0.2, 0.25) is 5.02 Å². The fourth-order valence-electron chi connectivity index (χ4n) is 2.68. The van der Waals surface area contributed by atoms with Gasteiger partial charge in [0.05, 0.1) is 22.2 Å². The molecule has 148 valence electrons. The normalized spacial score (nSPS) is 15.4. The van der Waals surface area contributed by atoms with Crippen molar-refractivity contribution in [2.45, 2.75) is 6.92 Å². The van der Waals surface area contributed by atoms with Crippen LogP contribution in [-0.2, 0) is 9.59 Å². The van der Waals surface area contributed by atoms with Crippen LogP contribution in [0, 0.1) is 10.1 Å². The van der Waals surface area contributed by atoms with Gasteiger partial charge < -0.3 is 4.74 Å². The number of nitro groups is 1. The highest BCUT2D eigenvalue weighted by Gasteiger charge is 2.37. The topological polar surface area (TPSA) is 119 Å². The van der Waals surface area contributed by atoms with Gasteiger partial charge >= 0.3 is 6.03 Å². The lowest BCUT2D eigenvalue weighted by atomic mass is 10.1. The zero-order chi connectivity index (χ0) is 21.1. The van der Waals surface area contributed by atoms with Crippen molar-refractivity contribution in [1.29, 1.82) is 0 Å². The van der Waals surface area contributed by atoms with Crippen LogP contribution in [0.1, 0.15) is 12.5 Å². The smallest absolute Gasteiger partial charge is 0.335 e. The number of carbonyl (C=O) groups is 3. The molecule has 0 unspecified atom stereocenters. The van der Waals surface area contributed by atoms with Crippen molar-refractivity contribution in [3.8, 4) is 5.75 Å². The molecule has 1 aliphatic rings. The van der Waals surface area contributed by atoms with Gasteiger partial charge in [0.2, 0.25) is 0 Å². The predicted molar refractivity (Wildman–Crippen MR) is 105 cm³/mol. The fourth-order valence-corrected chi connectivity index (χ4v) is 2.93. The van der Waals surface area contributed by atoms with E-state index in [1.54, 1.807) is 19.1 Å². The van der Waals surface area contributed by atoms with E-state index in [-0.39, 0.29) is 22.0 Å². The first-order valence-corrected chi connectivity index (χ1v) is 8.78. The second-order valence-corrected chi connectivity index (χ2v) is 6.26. The highest BCUT2D eigenvalue weighted by molar-refractivity contribution is 6.39. The lowest BCUT2D eigenvalue weighted by molar-refractivity contribution is -0.384. The lowest BCUT2D eigenvalue weighted by Crippen LogP contribution is -2.54. The quantitative estimate of drug-likeness (QED) is 0.346. The molecular weight excluding hydrogens is 402 g/mol. The fraction of sp³-hybridized carbons (Fsp3) is 0.105. The van der Waals surface area contributed by atoms with Gasteiger partial charge in [-0.25, -0.2) is 9.69 Å². The second kappa shape index (κ2) is 8.11. The van der Waals surface area contributed by atoms with Gasteiger partial charge in [-0.15, -0.1) is 0 Å². The number of nitro benzene ring substituents is 1. The first-order valence-electron chi connectivity index (χ1n) is 8.40. The van der Waals surface area contributed by atoms with Crippen molar-refractivity contribution in [2.24, 2.45) is 0 Å². The van der Waals surface area contributed by atoms with Crippen LogP contribution in [-0.4, -0.2) is 29.4 Å². The third kappa shape index (κ3) is 4.09. The zero-order valence-corrected chi connectivity index (χ0v) is 15.8. The van der Waals surface area contributed by atoms with Crippen molar-refractivity contribution in [3.05, 3.63) is 68.7 Å². The molecule has 1 fully saturated rings. The molecule has 2 aromatic carbocycles. The standard InChI is InChI=1S/C19H14ClN3O6/c1-2-29-16-7-6-11(9-15(16)20)8-14-17(24)21-19(26)22(18(14)25)12-4-3-5-13(10-12)23(27)28/h3-10H,2H2,1H3,(H,21,24,26)/b14-8+. The van der Waals surface area contributed by atoms with Gasteiger partial charge in [0.25, 0.3) is 17.5 Å². The number of hydrogen-bond donors (Lipinski definition) is 1. The van der Waals surface area contributed by atoms with Crippen molar-refractivity contribution < 1.29 is 24.0 Å². The van der Waals surface area contributed by atoms with E-state index in [9.17, 15) is 24.5 Å². The Hall–Kier alpha value is -3.72. The Bertz CT molecular complexity index is 1070. The minimum Gasteiger partial charge on any atom is -0.492 e. The predicted octanol–water partition coefficient (Wildman–Crippen LogP) is 3.31. The van der Waals surface area contributed by atoms with Gasteiger partial charge in [-0.05, 0) is 36.8 Å². The number of benzene rings is 2. The van der Waals surface area contributed by atoms with Gasteiger partial charge in [-0.3, -0.25) is 25.0 Å². The van der Waals surface area contributed by atoms with Crippen molar-refractivity contribution in [1.82, 2.24) is 5.32 Å².